The molecule has 0 saturated carbocycles. The topological polar surface area (TPSA) is 41.1 Å². The zero-order valence-corrected chi connectivity index (χ0v) is 5.80. The lowest BCUT2D eigenvalue weighted by Crippen LogP contribution is -1.79. The Morgan fingerprint density at radius 3 is 3.40 bits per heavy atom. The van der Waals surface area contributed by atoms with Gasteiger partial charge in [0.25, 0.3) is 0 Å². The van der Waals surface area contributed by atoms with E-state index >= 15 is 0 Å². The molecule has 2 heterocycles. The second-order valence-electron chi connectivity index (χ2n) is 1.81. The van der Waals surface area contributed by atoms with Gasteiger partial charge in [0.1, 0.15) is 11.8 Å². The van der Waals surface area contributed by atoms with E-state index in [9.17, 15) is 0 Å². The molecule has 0 unspecified atom stereocenters. The van der Waals surface area contributed by atoms with Gasteiger partial charge in [-0.15, -0.1) is 11.3 Å². The van der Waals surface area contributed by atoms with Crippen LogP contribution in [-0.4, -0.2) is 9.38 Å². The van der Waals surface area contributed by atoms with Crippen molar-refractivity contribution in [3.8, 4) is 6.07 Å². The summed E-state index contributed by atoms with van der Waals surface area (Å²) in [4.78, 5) is 4.89. The van der Waals surface area contributed by atoms with Gasteiger partial charge in [-0.3, -0.25) is 4.40 Å². The Kier molecular flexibility index (Phi) is 0.992. The van der Waals surface area contributed by atoms with Crippen LogP contribution in [0.4, 0.5) is 0 Å². The minimum atomic E-state index is 0.650. The number of nitrogens with zero attached hydrogens (tertiary/aromatic N) is 3. The molecule has 0 atom stereocenters. The number of hydrogen-bond donors (Lipinski definition) is 0. The number of rotatable bonds is 0. The normalized spacial score (nSPS) is 9.90. The molecule has 0 N–H and O–H groups in total. The SMILES string of the molecule is N#Cc1csc2nccn12. The lowest BCUT2D eigenvalue weighted by Gasteiger charge is -1.79. The zero-order chi connectivity index (χ0) is 6.97. The summed E-state index contributed by atoms with van der Waals surface area (Å²) in [6.07, 6.45) is 3.47. The van der Waals surface area contributed by atoms with Crippen LogP contribution >= 0.6 is 11.3 Å². The molecule has 0 radical (unpaired) electrons. The van der Waals surface area contributed by atoms with Crippen LogP contribution in [0, 0.1) is 11.3 Å². The van der Waals surface area contributed by atoms with Gasteiger partial charge in [-0.2, -0.15) is 5.26 Å². The quantitative estimate of drug-likeness (QED) is 0.566. The first-order valence-electron chi connectivity index (χ1n) is 2.72. The second-order valence-corrected chi connectivity index (χ2v) is 2.65. The highest BCUT2D eigenvalue weighted by atomic mass is 32.1. The average Bonchev–Trinajstić information content (AvgIpc) is 2.44. The van der Waals surface area contributed by atoms with Gasteiger partial charge in [0, 0.05) is 17.8 Å². The highest BCUT2D eigenvalue weighted by molar-refractivity contribution is 7.15. The Morgan fingerprint density at radius 1 is 1.70 bits per heavy atom. The number of fused-ring (bicyclic) bond motifs is 1. The van der Waals surface area contributed by atoms with Gasteiger partial charge < -0.3 is 0 Å². The Bertz CT molecular complexity index is 392. The summed E-state index contributed by atoms with van der Waals surface area (Å²) in [5, 5.41) is 10.3. The number of aromatic nitrogens is 2. The molecule has 2 rings (SSSR count). The van der Waals surface area contributed by atoms with Crippen LogP contribution in [0.5, 0.6) is 0 Å². The summed E-state index contributed by atoms with van der Waals surface area (Å²) in [5.74, 6) is 0. The third kappa shape index (κ3) is 0.552. The van der Waals surface area contributed by atoms with Crippen molar-refractivity contribution in [2.24, 2.45) is 0 Å². The van der Waals surface area contributed by atoms with E-state index in [4.69, 9.17) is 5.26 Å². The molecule has 0 fully saturated rings. The van der Waals surface area contributed by atoms with Gasteiger partial charge in [0.15, 0.2) is 4.96 Å². The smallest absolute Gasteiger partial charge is 0.194 e. The van der Waals surface area contributed by atoms with Crippen LogP contribution in [0.1, 0.15) is 5.69 Å². The lowest BCUT2D eigenvalue weighted by atomic mass is 10.5. The van der Waals surface area contributed by atoms with Gasteiger partial charge in [-0.1, -0.05) is 0 Å². The first-order chi connectivity index (χ1) is 4.92. The molecule has 0 amide bonds. The van der Waals surface area contributed by atoms with E-state index in [1.54, 1.807) is 22.2 Å². The van der Waals surface area contributed by atoms with Crippen LogP contribution in [0.25, 0.3) is 4.96 Å². The summed E-state index contributed by atoms with van der Waals surface area (Å²) in [6, 6.07) is 2.07. The number of hydrogen-bond acceptors (Lipinski definition) is 3. The van der Waals surface area contributed by atoms with E-state index < -0.39 is 0 Å². The van der Waals surface area contributed by atoms with Crippen molar-refractivity contribution in [2.45, 2.75) is 0 Å². The molecular formula is C6H3N3S. The summed E-state index contributed by atoms with van der Waals surface area (Å²) in [7, 11) is 0. The first-order valence-corrected chi connectivity index (χ1v) is 3.60. The van der Waals surface area contributed by atoms with E-state index in [2.05, 4.69) is 11.1 Å². The standard InChI is InChI=1S/C6H3N3S/c7-3-5-4-10-6-8-1-2-9(5)6/h1-2,4H. The van der Waals surface area contributed by atoms with Gasteiger partial charge in [-0.05, 0) is 0 Å². The maximum absolute atomic E-state index is 8.55. The lowest BCUT2D eigenvalue weighted by molar-refractivity contribution is 1.19. The Balaban J connectivity index is 2.92. The van der Waals surface area contributed by atoms with Crippen molar-refractivity contribution < 1.29 is 0 Å². The highest BCUT2D eigenvalue weighted by Crippen LogP contribution is 2.12. The molecule has 0 aliphatic carbocycles. The van der Waals surface area contributed by atoms with Crippen molar-refractivity contribution in [3.63, 3.8) is 0 Å². The number of imidazole rings is 1. The van der Waals surface area contributed by atoms with Gasteiger partial charge >= 0.3 is 0 Å². The van der Waals surface area contributed by atoms with Crippen molar-refractivity contribution in [3.05, 3.63) is 23.5 Å². The Labute approximate surface area is 61.2 Å². The van der Waals surface area contributed by atoms with Crippen molar-refractivity contribution >= 4 is 16.3 Å². The van der Waals surface area contributed by atoms with Gasteiger partial charge in [-0.25, -0.2) is 4.98 Å². The maximum Gasteiger partial charge on any atom is 0.194 e. The second kappa shape index (κ2) is 1.82. The fourth-order valence-electron chi connectivity index (χ4n) is 0.806. The predicted octanol–water partition coefficient (Wildman–Crippen LogP) is 1.27. The number of nitriles is 1. The molecule has 0 saturated heterocycles. The molecule has 48 valence electrons. The minimum Gasteiger partial charge on any atom is -0.282 e. The molecule has 0 bridgehead atoms. The summed E-state index contributed by atoms with van der Waals surface area (Å²) < 4.78 is 1.77. The molecule has 0 aromatic carbocycles. The molecule has 2 aromatic heterocycles. The van der Waals surface area contributed by atoms with Crippen molar-refractivity contribution in [1.82, 2.24) is 9.38 Å². The summed E-state index contributed by atoms with van der Waals surface area (Å²) >= 11 is 1.47. The molecular weight excluding hydrogens is 146 g/mol. The third-order valence-corrected chi connectivity index (χ3v) is 2.11. The molecule has 10 heavy (non-hydrogen) atoms. The molecule has 0 spiro atoms. The Hall–Kier alpha value is -1.34. The predicted molar refractivity (Wildman–Crippen MR) is 37.8 cm³/mol. The van der Waals surface area contributed by atoms with E-state index in [0.717, 1.165) is 4.96 Å². The Morgan fingerprint density at radius 2 is 2.60 bits per heavy atom. The highest BCUT2D eigenvalue weighted by Gasteiger charge is 2.00. The van der Waals surface area contributed by atoms with Gasteiger partial charge in [0.2, 0.25) is 0 Å². The summed E-state index contributed by atoms with van der Waals surface area (Å²) in [6.45, 7) is 0. The van der Waals surface area contributed by atoms with Crippen molar-refractivity contribution in [2.75, 3.05) is 0 Å². The van der Waals surface area contributed by atoms with Crippen LogP contribution < -0.4 is 0 Å². The van der Waals surface area contributed by atoms with Crippen molar-refractivity contribution in [1.29, 1.82) is 5.26 Å². The summed E-state index contributed by atoms with van der Waals surface area (Å²) in [5.41, 5.74) is 0.650. The minimum absolute atomic E-state index is 0.650. The maximum atomic E-state index is 8.55. The zero-order valence-electron chi connectivity index (χ0n) is 4.98. The fourth-order valence-corrected chi connectivity index (χ4v) is 1.58. The monoisotopic (exact) mass is 149 g/mol. The molecule has 0 aliphatic rings. The molecule has 4 heteroatoms. The molecule has 3 nitrogen and oxygen atoms in total. The van der Waals surface area contributed by atoms with E-state index in [0.29, 0.717) is 5.69 Å². The van der Waals surface area contributed by atoms with Gasteiger partial charge in [0.05, 0.1) is 0 Å². The third-order valence-electron chi connectivity index (χ3n) is 1.26. The number of thiazole rings is 1. The first kappa shape index (κ1) is 5.45. The van der Waals surface area contributed by atoms with Crippen LogP contribution in [-0.2, 0) is 0 Å². The fraction of sp³-hybridized carbons (Fsp3) is 0. The van der Waals surface area contributed by atoms with Crippen LogP contribution in [0.3, 0.4) is 0 Å². The molecule has 2 aromatic rings. The van der Waals surface area contributed by atoms with Crippen LogP contribution in [0.2, 0.25) is 0 Å². The largest absolute Gasteiger partial charge is 0.282 e. The van der Waals surface area contributed by atoms with E-state index in [1.165, 1.54) is 11.3 Å². The average molecular weight is 149 g/mol. The van der Waals surface area contributed by atoms with Crippen LogP contribution in [0.15, 0.2) is 17.8 Å². The van der Waals surface area contributed by atoms with E-state index in [-0.39, 0.29) is 0 Å². The molecule has 0 aliphatic heterocycles. The van der Waals surface area contributed by atoms with E-state index in [1.807, 2.05) is 0 Å².